The van der Waals surface area contributed by atoms with Crippen LogP contribution >= 0.6 is 11.5 Å². The van der Waals surface area contributed by atoms with Gasteiger partial charge in [0.1, 0.15) is 6.04 Å². The van der Waals surface area contributed by atoms with Crippen LogP contribution in [0.2, 0.25) is 0 Å². The predicted octanol–water partition coefficient (Wildman–Crippen LogP) is 3.61. The van der Waals surface area contributed by atoms with Gasteiger partial charge in [0.05, 0.1) is 0 Å². The summed E-state index contributed by atoms with van der Waals surface area (Å²) in [5.74, 6) is 0.00163. The number of carbonyl (C=O) groups excluding carboxylic acids is 2. The molecule has 2 heterocycles. The number of amides is 2. The minimum absolute atomic E-state index is 0.136. The van der Waals surface area contributed by atoms with Crippen LogP contribution < -0.4 is 5.32 Å². The third-order valence-electron chi connectivity index (χ3n) is 5.32. The first-order valence-electron chi connectivity index (χ1n) is 10.3. The average molecular weight is 416 g/mol. The second-order valence-electron chi connectivity index (χ2n) is 8.00. The molecular weight excluding hydrogens is 386 g/mol. The third-order valence-corrected chi connectivity index (χ3v) is 5.83. The quantitative estimate of drug-likeness (QED) is 0.711. The number of hydrogen-bond acceptors (Lipinski definition) is 6. The van der Waals surface area contributed by atoms with Crippen molar-refractivity contribution in [3.05, 3.63) is 41.2 Å². The summed E-state index contributed by atoms with van der Waals surface area (Å²) < 4.78 is 3.83. The van der Waals surface area contributed by atoms with Crippen molar-refractivity contribution < 1.29 is 9.59 Å². The summed E-state index contributed by atoms with van der Waals surface area (Å²) in [4.78, 5) is 32.4. The Bertz CT molecular complexity index is 776. The molecule has 1 unspecified atom stereocenters. The van der Waals surface area contributed by atoms with E-state index in [1.807, 2.05) is 0 Å². The Morgan fingerprint density at radius 3 is 2.55 bits per heavy atom. The average Bonchev–Trinajstić information content (AvgIpc) is 3.26. The molecule has 3 rings (SSSR count). The van der Waals surface area contributed by atoms with Crippen molar-refractivity contribution in [1.29, 1.82) is 0 Å². The first-order valence-corrected chi connectivity index (χ1v) is 11.2. The molecule has 2 aromatic rings. The van der Waals surface area contributed by atoms with Gasteiger partial charge in [0.2, 0.25) is 5.91 Å². The zero-order valence-electron chi connectivity index (χ0n) is 17.1. The van der Waals surface area contributed by atoms with Gasteiger partial charge >= 0.3 is 0 Å². The number of aromatic nitrogens is 3. The summed E-state index contributed by atoms with van der Waals surface area (Å²) in [6, 6.07) is 3.07. The fraction of sp³-hybridized carbons (Fsp3) is 0.571. The van der Waals surface area contributed by atoms with Crippen molar-refractivity contribution >= 4 is 23.3 Å². The van der Waals surface area contributed by atoms with E-state index in [9.17, 15) is 9.59 Å². The van der Waals surface area contributed by atoms with Gasteiger partial charge in [0.25, 0.3) is 5.91 Å². The van der Waals surface area contributed by atoms with Crippen LogP contribution in [0.3, 0.4) is 0 Å². The van der Waals surface area contributed by atoms with Crippen LogP contribution in [0.4, 0.5) is 0 Å². The maximum Gasteiger partial charge on any atom is 0.276 e. The lowest BCUT2D eigenvalue weighted by molar-refractivity contribution is -0.127. The lowest BCUT2D eigenvalue weighted by Gasteiger charge is -2.33. The van der Waals surface area contributed by atoms with E-state index in [0.29, 0.717) is 12.5 Å². The van der Waals surface area contributed by atoms with Gasteiger partial charge < -0.3 is 10.2 Å². The molecule has 1 N–H and O–H groups in total. The highest BCUT2D eigenvalue weighted by molar-refractivity contribution is 7.03. The van der Waals surface area contributed by atoms with Crippen molar-refractivity contribution in [2.45, 2.75) is 64.5 Å². The van der Waals surface area contributed by atoms with Crippen LogP contribution in [0, 0.1) is 5.92 Å². The molecule has 0 aromatic carbocycles. The minimum Gasteiger partial charge on any atom is -0.351 e. The number of pyridine rings is 1. The van der Waals surface area contributed by atoms with Gasteiger partial charge in [0, 0.05) is 30.4 Å². The zero-order valence-corrected chi connectivity index (χ0v) is 17.9. The van der Waals surface area contributed by atoms with Crippen LogP contribution in [-0.4, -0.2) is 43.9 Å². The summed E-state index contributed by atoms with van der Waals surface area (Å²) in [6.45, 7) is 4.69. The topological polar surface area (TPSA) is 88.1 Å². The number of hydrogen-bond donors (Lipinski definition) is 1. The summed E-state index contributed by atoms with van der Waals surface area (Å²) in [5, 5.41) is 8.78. The number of rotatable bonds is 8. The zero-order chi connectivity index (χ0) is 20.6. The Morgan fingerprint density at radius 2 is 1.93 bits per heavy atom. The van der Waals surface area contributed by atoms with Crippen LogP contribution in [0.5, 0.6) is 0 Å². The van der Waals surface area contributed by atoms with Crippen LogP contribution in [0.1, 0.15) is 74.5 Å². The molecule has 156 valence electrons. The molecule has 1 aliphatic rings. The largest absolute Gasteiger partial charge is 0.351 e. The molecule has 1 saturated carbocycles. The molecule has 7 nitrogen and oxygen atoms in total. The standard InChI is InChI=1S/C21H29N5O2S/c1-15(2)10-13-26(21(28)18-14-29-25-24-18)19(16-8-11-22-12-9-16)20(27)23-17-6-4-3-5-7-17/h8-9,11-12,14-15,17,19H,3-7,10,13H2,1-2H3,(H,23,27). The SMILES string of the molecule is CC(C)CCN(C(=O)c1csnn1)C(C(=O)NC1CCCCC1)c1ccncc1. The summed E-state index contributed by atoms with van der Waals surface area (Å²) >= 11 is 1.13. The van der Waals surface area contributed by atoms with E-state index >= 15 is 0 Å². The highest BCUT2D eigenvalue weighted by Gasteiger charge is 2.34. The molecule has 0 spiro atoms. The Hall–Kier alpha value is -2.35. The molecular formula is C21H29N5O2S. The van der Waals surface area contributed by atoms with Crippen molar-refractivity contribution in [3.63, 3.8) is 0 Å². The van der Waals surface area contributed by atoms with Crippen molar-refractivity contribution in [3.8, 4) is 0 Å². The Kier molecular flexibility index (Phi) is 7.69. The highest BCUT2D eigenvalue weighted by Crippen LogP contribution is 2.26. The van der Waals surface area contributed by atoms with Crippen LogP contribution in [-0.2, 0) is 4.79 Å². The molecule has 2 amide bonds. The lowest BCUT2D eigenvalue weighted by Crippen LogP contribution is -2.47. The lowest BCUT2D eigenvalue weighted by atomic mass is 9.94. The third kappa shape index (κ3) is 5.82. The second kappa shape index (κ2) is 10.4. The molecule has 0 radical (unpaired) electrons. The molecule has 2 aromatic heterocycles. The van der Waals surface area contributed by atoms with Gasteiger partial charge in [-0.15, -0.1) is 5.10 Å². The fourth-order valence-electron chi connectivity index (χ4n) is 3.70. The van der Waals surface area contributed by atoms with Gasteiger partial charge in [-0.05, 0) is 54.4 Å². The van der Waals surface area contributed by atoms with Crippen molar-refractivity contribution in [2.24, 2.45) is 5.92 Å². The molecule has 1 aliphatic carbocycles. The highest BCUT2D eigenvalue weighted by atomic mass is 32.1. The number of nitrogens with zero attached hydrogens (tertiary/aromatic N) is 4. The van der Waals surface area contributed by atoms with E-state index in [4.69, 9.17) is 0 Å². The molecule has 0 aliphatic heterocycles. The van der Waals surface area contributed by atoms with Crippen LogP contribution in [0.25, 0.3) is 0 Å². The summed E-state index contributed by atoms with van der Waals surface area (Å²) in [5.41, 5.74) is 1.04. The van der Waals surface area contributed by atoms with Gasteiger partial charge in [-0.2, -0.15) is 0 Å². The number of nitrogens with one attached hydrogen (secondary N) is 1. The smallest absolute Gasteiger partial charge is 0.276 e. The van der Waals surface area contributed by atoms with Gasteiger partial charge in [-0.25, -0.2) is 0 Å². The van der Waals surface area contributed by atoms with E-state index < -0.39 is 6.04 Å². The van der Waals surface area contributed by atoms with E-state index in [1.165, 1.54) is 6.42 Å². The van der Waals surface area contributed by atoms with Crippen molar-refractivity contribution in [2.75, 3.05) is 6.54 Å². The van der Waals surface area contributed by atoms with Gasteiger partial charge in [-0.1, -0.05) is 37.6 Å². The maximum atomic E-state index is 13.4. The summed E-state index contributed by atoms with van der Waals surface area (Å²) in [6.07, 6.45) is 9.57. The molecule has 1 fully saturated rings. The predicted molar refractivity (Wildman–Crippen MR) is 112 cm³/mol. The monoisotopic (exact) mass is 415 g/mol. The summed E-state index contributed by atoms with van der Waals surface area (Å²) in [7, 11) is 0. The normalized spacial score (nSPS) is 15.8. The maximum absolute atomic E-state index is 13.4. The first-order chi connectivity index (χ1) is 14.1. The van der Waals surface area contributed by atoms with E-state index in [2.05, 4.69) is 33.7 Å². The fourth-order valence-corrected chi connectivity index (χ4v) is 4.13. The minimum atomic E-state index is -0.715. The number of carbonyl (C=O) groups is 2. The van der Waals surface area contributed by atoms with Crippen molar-refractivity contribution in [1.82, 2.24) is 24.8 Å². The van der Waals surface area contributed by atoms with E-state index in [-0.39, 0.29) is 23.6 Å². The molecule has 8 heteroatoms. The Balaban J connectivity index is 1.90. The molecule has 0 bridgehead atoms. The Morgan fingerprint density at radius 1 is 1.21 bits per heavy atom. The molecule has 1 atom stereocenters. The second-order valence-corrected chi connectivity index (χ2v) is 8.61. The van der Waals surface area contributed by atoms with Gasteiger partial charge in [-0.3, -0.25) is 14.6 Å². The Labute approximate surface area is 176 Å². The van der Waals surface area contributed by atoms with Gasteiger partial charge in [0.15, 0.2) is 5.69 Å². The van der Waals surface area contributed by atoms with E-state index in [1.54, 1.807) is 34.8 Å². The molecule has 0 saturated heterocycles. The van der Waals surface area contributed by atoms with Crippen LogP contribution in [0.15, 0.2) is 29.9 Å². The van der Waals surface area contributed by atoms with E-state index in [0.717, 1.165) is 49.2 Å². The first kappa shape index (κ1) is 21.4. The molecule has 29 heavy (non-hydrogen) atoms.